The van der Waals surface area contributed by atoms with Crippen molar-refractivity contribution in [2.45, 2.75) is 13.0 Å². The molecule has 16 heavy (non-hydrogen) atoms. The van der Waals surface area contributed by atoms with Crippen LogP contribution in [-0.4, -0.2) is 25.6 Å². The highest BCUT2D eigenvalue weighted by Crippen LogP contribution is 2.23. The second-order valence-corrected chi connectivity index (χ2v) is 4.46. The van der Waals surface area contributed by atoms with E-state index in [0.717, 1.165) is 23.3 Å². The molecule has 0 N–H and O–H groups in total. The SMILES string of the molecule is COc1ccc(Br)c(CN(C)CCC#N)c1. The molecule has 0 saturated heterocycles. The van der Waals surface area contributed by atoms with Gasteiger partial charge in [-0.3, -0.25) is 0 Å². The van der Waals surface area contributed by atoms with Gasteiger partial charge in [0.1, 0.15) is 5.75 Å². The molecule has 86 valence electrons. The van der Waals surface area contributed by atoms with Crippen molar-refractivity contribution in [3.63, 3.8) is 0 Å². The third kappa shape index (κ3) is 3.84. The number of methoxy groups -OCH3 is 1. The molecule has 1 aromatic carbocycles. The van der Waals surface area contributed by atoms with Crippen molar-refractivity contribution in [1.82, 2.24) is 4.90 Å². The zero-order chi connectivity index (χ0) is 12.0. The van der Waals surface area contributed by atoms with E-state index >= 15 is 0 Å². The summed E-state index contributed by atoms with van der Waals surface area (Å²) in [6.07, 6.45) is 0.554. The van der Waals surface area contributed by atoms with E-state index in [1.165, 1.54) is 5.56 Å². The number of rotatable bonds is 5. The first-order chi connectivity index (χ1) is 7.67. The van der Waals surface area contributed by atoms with E-state index in [-0.39, 0.29) is 0 Å². The molecule has 0 atom stereocenters. The first-order valence-corrected chi connectivity index (χ1v) is 5.84. The predicted molar refractivity (Wildman–Crippen MR) is 67.3 cm³/mol. The van der Waals surface area contributed by atoms with Crippen LogP contribution in [0.1, 0.15) is 12.0 Å². The molecule has 0 amide bonds. The molecule has 0 aromatic heterocycles. The van der Waals surface area contributed by atoms with Crippen molar-refractivity contribution < 1.29 is 4.74 Å². The van der Waals surface area contributed by atoms with E-state index in [1.54, 1.807) is 7.11 Å². The molecule has 0 aliphatic carbocycles. The van der Waals surface area contributed by atoms with Crippen LogP contribution in [0, 0.1) is 11.3 Å². The maximum Gasteiger partial charge on any atom is 0.119 e. The highest BCUT2D eigenvalue weighted by molar-refractivity contribution is 9.10. The average molecular weight is 283 g/mol. The number of hydrogen-bond donors (Lipinski definition) is 0. The van der Waals surface area contributed by atoms with Gasteiger partial charge < -0.3 is 9.64 Å². The highest BCUT2D eigenvalue weighted by atomic mass is 79.9. The molecule has 0 aliphatic heterocycles. The van der Waals surface area contributed by atoms with Crippen LogP contribution in [0.2, 0.25) is 0 Å². The normalized spacial score (nSPS) is 10.2. The van der Waals surface area contributed by atoms with Crippen molar-refractivity contribution >= 4 is 15.9 Å². The largest absolute Gasteiger partial charge is 0.497 e. The molecule has 0 radical (unpaired) electrons. The smallest absolute Gasteiger partial charge is 0.119 e. The molecule has 0 saturated carbocycles. The summed E-state index contributed by atoms with van der Waals surface area (Å²) >= 11 is 3.51. The van der Waals surface area contributed by atoms with Crippen LogP contribution >= 0.6 is 15.9 Å². The summed E-state index contributed by atoms with van der Waals surface area (Å²) in [7, 11) is 3.66. The van der Waals surface area contributed by atoms with Crippen LogP contribution in [0.25, 0.3) is 0 Å². The molecule has 3 nitrogen and oxygen atoms in total. The maximum atomic E-state index is 8.51. The minimum absolute atomic E-state index is 0.554. The summed E-state index contributed by atoms with van der Waals surface area (Å²) in [6, 6.07) is 8.05. The van der Waals surface area contributed by atoms with Gasteiger partial charge in [0.05, 0.1) is 13.2 Å². The maximum absolute atomic E-state index is 8.51. The summed E-state index contributed by atoms with van der Waals surface area (Å²) in [4.78, 5) is 2.11. The van der Waals surface area contributed by atoms with Crippen LogP contribution in [0.5, 0.6) is 5.75 Å². The quantitative estimate of drug-likeness (QED) is 0.833. The van der Waals surface area contributed by atoms with Gasteiger partial charge in [0.2, 0.25) is 0 Å². The molecule has 0 spiro atoms. The van der Waals surface area contributed by atoms with Gasteiger partial charge in [-0.25, -0.2) is 0 Å². The Labute approximate surface area is 105 Å². The fourth-order valence-electron chi connectivity index (χ4n) is 1.41. The van der Waals surface area contributed by atoms with Crippen LogP contribution in [0.15, 0.2) is 22.7 Å². The fourth-order valence-corrected chi connectivity index (χ4v) is 1.78. The molecule has 0 bridgehead atoms. The molecule has 0 fully saturated rings. The minimum Gasteiger partial charge on any atom is -0.497 e. The molecule has 0 aliphatic rings. The Morgan fingerprint density at radius 1 is 1.50 bits per heavy atom. The van der Waals surface area contributed by atoms with Gasteiger partial charge >= 0.3 is 0 Å². The number of nitriles is 1. The number of benzene rings is 1. The molecule has 0 heterocycles. The Hall–Kier alpha value is -1.05. The lowest BCUT2D eigenvalue weighted by Crippen LogP contribution is -2.19. The third-order valence-electron chi connectivity index (χ3n) is 2.30. The number of nitrogens with zero attached hydrogens (tertiary/aromatic N) is 2. The van der Waals surface area contributed by atoms with Gasteiger partial charge in [-0.1, -0.05) is 15.9 Å². The zero-order valence-electron chi connectivity index (χ0n) is 9.53. The Kier molecular flexibility index (Phi) is 5.30. The van der Waals surface area contributed by atoms with Gasteiger partial charge in [-0.05, 0) is 30.8 Å². The van der Waals surface area contributed by atoms with E-state index < -0.39 is 0 Å². The molecular weight excluding hydrogens is 268 g/mol. The topological polar surface area (TPSA) is 36.3 Å². The molecule has 0 unspecified atom stereocenters. The summed E-state index contributed by atoms with van der Waals surface area (Å²) in [5.41, 5.74) is 1.17. The standard InChI is InChI=1S/C12H15BrN2O/c1-15(7-3-6-14)9-10-8-11(16-2)4-5-12(10)13/h4-5,8H,3,7,9H2,1-2H3. The van der Waals surface area contributed by atoms with Crippen molar-refractivity contribution in [2.24, 2.45) is 0 Å². The molecular formula is C12H15BrN2O. The van der Waals surface area contributed by atoms with Crippen LogP contribution < -0.4 is 4.74 Å². The lowest BCUT2D eigenvalue weighted by atomic mass is 10.2. The predicted octanol–water partition coefficient (Wildman–Crippen LogP) is 2.80. The van der Waals surface area contributed by atoms with E-state index in [0.29, 0.717) is 6.42 Å². The molecule has 1 aromatic rings. The van der Waals surface area contributed by atoms with Crippen LogP contribution in [0.4, 0.5) is 0 Å². The van der Waals surface area contributed by atoms with Crippen molar-refractivity contribution in [2.75, 3.05) is 20.7 Å². The Bertz CT molecular complexity index is 387. The van der Waals surface area contributed by atoms with Crippen LogP contribution in [-0.2, 0) is 6.54 Å². The summed E-state index contributed by atoms with van der Waals surface area (Å²) in [6.45, 7) is 1.58. The second kappa shape index (κ2) is 6.51. The summed E-state index contributed by atoms with van der Waals surface area (Å²) in [5, 5.41) is 8.51. The lowest BCUT2D eigenvalue weighted by molar-refractivity contribution is 0.333. The van der Waals surface area contributed by atoms with Crippen LogP contribution in [0.3, 0.4) is 0 Å². The first-order valence-electron chi connectivity index (χ1n) is 5.05. The third-order valence-corrected chi connectivity index (χ3v) is 3.07. The summed E-state index contributed by atoms with van der Waals surface area (Å²) < 4.78 is 6.25. The molecule has 1 rings (SSSR count). The Morgan fingerprint density at radius 2 is 2.25 bits per heavy atom. The van der Waals surface area contributed by atoms with Gasteiger partial charge in [0.15, 0.2) is 0 Å². The fraction of sp³-hybridized carbons (Fsp3) is 0.417. The average Bonchev–Trinajstić information content (AvgIpc) is 2.29. The minimum atomic E-state index is 0.554. The monoisotopic (exact) mass is 282 g/mol. The van der Waals surface area contributed by atoms with Gasteiger partial charge in [-0.15, -0.1) is 0 Å². The van der Waals surface area contributed by atoms with Gasteiger partial charge in [0.25, 0.3) is 0 Å². The van der Waals surface area contributed by atoms with Gasteiger partial charge in [0, 0.05) is 24.0 Å². The zero-order valence-corrected chi connectivity index (χ0v) is 11.1. The van der Waals surface area contributed by atoms with Crippen molar-refractivity contribution in [3.8, 4) is 11.8 Å². The van der Waals surface area contributed by atoms with Crippen molar-refractivity contribution in [3.05, 3.63) is 28.2 Å². The second-order valence-electron chi connectivity index (χ2n) is 3.60. The van der Waals surface area contributed by atoms with E-state index in [9.17, 15) is 0 Å². The highest BCUT2D eigenvalue weighted by Gasteiger charge is 2.05. The Balaban J connectivity index is 2.68. The molecule has 4 heteroatoms. The number of halogens is 1. The number of hydrogen-bond acceptors (Lipinski definition) is 3. The van der Waals surface area contributed by atoms with E-state index in [2.05, 4.69) is 26.9 Å². The summed E-state index contributed by atoms with van der Waals surface area (Å²) in [5.74, 6) is 0.854. The number of ether oxygens (including phenoxy) is 1. The van der Waals surface area contributed by atoms with E-state index in [4.69, 9.17) is 10.00 Å². The first kappa shape index (κ1) is 13.0. The van der Waals surface area contributed by atoms with Gasteiger partial charge in [-0.2, -0.15) is 5.26 Å². The van der Waals surface area contributed by atoms with Crippen molar-refractivity contribution in [1.29, 1.82) is 5.26 Å². The van der Waals surface area contributed by atoms with E-state index in [1.807, 2.05) is 25.2 Å². The Morgan fingerprint density at radius 3 is 2.88 bits per heavy atom. The lowest BCUT2D eigenvalue weighted by Gasteiger charge is -2.16.